The van der Waals surface area contributed by atoms with E-state index in [-0.39, 0.29) is 0 Å². The second-order valence-electron chi connectivity index (χ2n) is 4.83. The molecule has 2 aromatic rings. The van der Waals surface area contributed by atoms with Crippen molar-refractivity contribution in [2.45, 2.75) is 13.1 Å². The van der Waals surface area contributed by atoms with Crippen LogP contribution in [0.2, 0.25) is 13.1 Å². The minimum absolute atomic E-state index is 1.43. The molecule has 1 heterocycles. The molecule has 0 N–H and O–H groups in total. The monoisotopic (exact) mass is 336 g/mol. The molecule has 0 aliphatic carbocycles. The number of hydrogen-bond donors (Lipinski definition) is 0. The zero-order valence-corrected chi connectivity index (χ0v) is 12.6. The summed E-state index contributed by atoms with van der Waals surface area (Å²) in [6.45, 7) is 4.92. The van der Waals surface area contributed by atoms with E-state index in [2.05, 4.69) is 78.1 Å². The second-order valence-corrected chi connectivity index (χ2v) is 10.3. The van der Waals surface area contributed by atoms with Gasteiger partial charge in [0.2, 0.25) is 0 Å². The first-order chi connectivity index (χ1) is 7.62. The van der Waals surface area contributed by atoms with Crippen LogP contribution in [0.25, 0.3) is 11.1 Å². The first kappa shape index (κ1) is 10.5. The molecule has 0 unspecified atom stereocenters. The predicted octanol–water partition coefficient (Wildman–Crippen LogP) is 3.09. The highest BCUT2D eigenvalue weighted by molar-refractivity contribution is 14.1. The molecule has 1 aliphatic rings. The summed E-state index contributed by atoms with van der Waals surface area (Å²) in [5.41, 5.74) is 2.94. The summed E-state index contributed by atoms with van der Waals surface area (Å²) in [4.78, 5) is 0. The largest absolute Gasteiger partial charge is 0.115 e. The van der Waals surface area contributed by atoms with Crippen molar-refractivity contribution < 1.29 is 0 Å². The van der Waals surface area contributed by atoms with Gasteiger partial charge >= 0.3 is 0 Å². The highest BCUT2D eigenvalue weighted by atomic mass is 127. The quantitative estimate of drug-likeness (QED) is 0.512. The van der Waals surface area contributed by atoms with Crippen molar-refractivity contribution in [2.24, 2.45) is 0 Å². The zero-order chi connectivity index (χ0) is 11.3. The Hall–Kier alpha value is -0.613. The summed E-state index contributed by atoms with van der Waals surface area (Å²) in [5, 5.41) is 3.21. The van der Waals surface area contributed by atoms with Crippen molar-refractivity contribution in [3.05, 3.63) is 46.0 Å². The summed E-state index contributed by atoms with van der Waals surface area (Å²) in [5.74, 6) is 0. The fourth-order valence-electron chi connectivity index (χ4n) is 2.78. The van der Waals surface area contributed by atoms with E-state index >= 15 is 0 Å². The van der Waals surface area contributed by atoms with E-state index in [4.69, 9.17) is 0 Å². The minimum Gasteiger partial charge on any atom is -0.0623 e. The molecule has 80 valence electrons. The van der Waals surface area contributed by atoms with Gasteiger partial charge < -0.3 is 0 Å². The lowest BCUT2D eigenvalue weighted by Crippen LogP contribution is -2.50. The van der Waals surface area contributed by atoms with Crippen LogP contribution in [-0.4, -0.2) is 8.07 Å². The van der Waals surface area contributed by atoms with Gasteiger partial charge in [0, 0.05) is 3.57 Å². The first-order valence-electron chi connectivity index (χ1n) is 5.51. The van der Waals surface area contributed by atoms with E-state index in [0.29, 0.717) is 0 Å². The van der Waals surface area contributed by atoms with Gasteiger partial charge in [-0.3, -0.25) is 0 Å². The third kappa shape index (κ3) is 1.26. The van der Waals surface area contributed by atoms with Crippen LogP contribution < -0.4 is 10.4 Å². The van der Waals surface area contributed by atoms with Crippen molar-refractivity contribution in [1.82, 2.24) is 0 Å². The normalized spacial score (nSPS) is 15.7. The van der Waals surface area contributed by atoms with Gasteiger partial charge in [-0.25, -0.2) is 0 Å². The maximum atomic E-state index is 2.48. The smallest absolute Gasteiger partial charge is 0.0623 e. The van der Waals surface area contributed by atoms with E-state index in [1.54, 1.807) is 10.4 Å². The van der Waals surface area contributed by atoms with Gasteiger partial charge in [0.05, 0.1) is 0 Å². The van der Waals surface area contributed by atoms with E-state index in [1.165, 1.54) is 14.7 Å². The summed E-state index contributed by atoms with van der Waals surface area (Å²) < 4.78 is 1.43. The first-order valence-corrected chi connectivity index (χ1v) is 9.59. The maximum Gasteiger partial charge on any atom is 0.115 e. The molecule has 1 aliphatic heterocycles. The molecular weight excluding hydrogens is 323 g/mol. The van der Waals surface area contributed by atoms with Crippen molar-refractivity contribution >= 4 is 41.0 Å². The molecule has 0 bridgehead atoms. The lowest BCUT2D eigenvalue weighted by Gasteiger charge is -2.19. The van der Waals surface area contributed by atoms with E-state index < -0.39 is 8.07 Å². The SMILES string of the molecule is C[Si]1(C)c2ccccc2-c2cccc(I)c21. The highest BCUT2D eigenvalue weighted by Gasteiger charge is 2.38. The summed E-state index contributed by atoms with van der Waals surface area (Å²) in [6.07, 6.45) is 0. The summed E-state index contributed by atoms with van der Waals surface area (Å²) in [6, 6.07) is 15.6. The lowest BCUT2D eigenvalue weighted by atomic mass is 10.1. The molecule has 0 saturated carbocycles. The summed E-state index contributed by atoms with van der Waals surface area (Å²) >= 11 is 2.48. The van der Waals surface area contributed by atoms with E-state index in [1.807, 2.05) is 0 Å². The second kappa shape index (κ2) is 3.44. The lowest BCUT2D eigenvalue weighted by molar-refractivity contribution is 1.67. The van der Waals surface area contributed by atoms with Gasteiger partial charge in [0.25, 0.3) is 0 Å². The van der Waals surface area contributed by atoms with Crippen molar-refractivity contribution in [1.29, 1.82) is 0 Å². The Morgan fingerprint density at radius 3 is 2.38 bits per heavy atom. The Morgan fingerprint density at radius 1 is 0.875 bits per heavy atom. The standard InChI is InChI=1S/C14H13ISi/c1-16(2)13-9-4-3-6-10(13)11-7-5-8-12(15)14(11)16/h3-9H,1-2H3. The Bertz CT molecular complexity index is 573. The molecule has 0 atom stereocenters. The van der Waals surface area contributed by atoms with Gasteiger partial charge in [-0.05, 0) is 50.2 Å². The molecule has 0 fully saturated rings. The fraction of sp³-hybridized carbons (Fsp3) is 0.143. The molecule has 2 aromatic carbocycles. The third-order valence-corrected chi connectivity index (χ3v) is 8.51. The van der Waals surface area contributed by atoms with Crippen LogP contribution in [0.15, 0.2) is 42.5 Å². The zero-order valence-electron chi connectivity index (χ0n) is 9.42. The number of halogens is 1. The number of hydrogen-bond acceptors (Lipinski definition) is 0. The van der Waals surface area contributed by atoms with Gasteiger partial charge in [0.15, 0.2) is 0 Å². The number of rotatable bonds is 0. The summed E-state index contributed by atoms with van der Waals surface area (Å²) in [7, 11) is -1.43. The molecule has 0 spiro atoms. The fourth-order valence-corrected chi connectivity index (χ4v) is 8.55. The van der Waals surface area contributed by atoms with Gasteiger partial charge in [-0.15, -0.1) is 0 Å². The molecule has 0 aromatic heterocycles. The molecule has 2 heteroatoms. The predicted molar refractivity (Wildman–Crippen MR) is 81.3 cm³/mol. The maximum absolute atomic E-state index is 2.48. The molecule has 0 saturated heterocycles. The average Bonchev–Trinajstić information content (AvgIpc) is 2.50. The molecule has 16 heavy (non-hydrogen) atoms. The molecule has 0 radical (unpaired) electrons. The van der Waals surface area contributed by atoms with Gasteiger partial charge in [0.1, 0.15) is 8.07 Å². The molecular formula is C14H13ISi. The molecule has 0 amide bonds. The Labute approximate surface area is 111 Å². The minimum atomic E-state index is -1.43. The van der Waals surface area contributed by atoms with Crippen LogP contribution in [0.3, 0.4) is 0 Å². The third-order valence-electron chi connectivity index (χ3n) is 3.53. The van der Waals surface area contributed by atoms with E-state index in [9.17, 15) is 0 Å². The average molecular weight is 336 g/mol. The van der Waals surface area contributed by atoms with Gasteiger partial charge in [-0.1, -0.05) is 49.5 Å². The van der Waals surface area contributed by atoms with Crippen LogP contribution in [-0.2, 0) is 0 Å². The number of benzene rings is 2. The highest BCUT2D eigenvalue weighted by Crippen LogP contribution is 2.29. The van der Waals surface area contributed by atoms with Crippen LogP contribution >= 0.6 is 22.6 Å². The van der Waals surface area contributed by atoms with Crippen LogP contribution in [0.5, 0.6) is 0 Å². The van der Waals surface area contributed by atoms with Crippen LogP contribution in [0.1, 0.15) is 0 Å². The van der Waals surface area contributed by atoms with Crippen LogP contribution in [0, 0.1) is 3.57 Å². The molecule has 3 rings (SSSR count). The topological polar surface area (TPSA) is 0 Å². The Balaban J connectivity index is 2.44. The van der Waals surface area contributed by atoms with Crippen LogP contribution in [0.4, 0.5) is 0 Å². The van der Waals surface area contributed by atoms with Crippen molar-refractivity contribution in [3.8, 4) is 11.1 Å². The Kier molecular flexibility index (Phi) is 2.26. The number of fused-ring (bicyclic) bond motifs is 3. The Morgan fingerprint density at radius 2 is 1.56 bits per heavy atom. The molecule has 0 nitrogen and oxygen atoms in total. The van der Waals surface area contributed by atoms with Gasteiger partial charge in [-0.2, -0.15) is 0 Å². The van der Waals surface area contributed by atoms with E-state index in [0.717, 1.165) is 0 Å². The van der Waals surface area contributed by atoms with Crippen molar-refractivity contribution in [2.75, 3.05) is 0 Å². The van der Waals surface area contributed by atoms with Crippen molar-refractivity contribution in [3.63, 3.8) is 0 Å².